The molecule has 1 unspecified atom stereocenters. The fourth-order valence-electron chi connectivity index (χ4n) is 4.59. The highest BCUT2D eigenvalue weighted by atomic mass is 19.1. The van der Waals surface area contributed by atoms with Crippen molar-refractivity contribution in [1.82, 2.24) is 25.1 Å². The molecule has 2 aliphatic rings. The SMILES string of the molecule is CCC(c1nnnn1C1CCCCC1)N1CCN(c2ccccc2F)CC1. The number of piperazine rings is 1. The number of hydrogen-bond donors (Lipinski definition) is 0. The van der Waals surface area contributed by atoms with Gasteiger partial charge in [0.05, 0.1) is 17.8 Å². The molecule has 0 radical (unpaired) electrons. The summed E-state index contributed by atoms with van der Waals surface area (Å²) in [6, 6.07) is 7.72. The molecule has 4 rings (SSSR count). The summed E-state index contributed by atoms with van der Waals surface area (Å²) in [5.74, 6) is 0.864. The molecule has 27 heavy (non-hydrogen) atoms. The van der Waals surface area contributed by atoms with Crippen LogP contribution in [0.3, 0.4) is 0 Å². The molecular formula is C20H29FN6. The van der Waals surface area contributed by atoms with E-state index in [1.807, 2.05) is 12.1 Å². The summed E-state index contributed by atoms with van der Waals surface area (Å²) in [5.41, 5.74) is 0.706. The highest BCUT2D eigenvalue weighted by molar-refractivity contribution is 5.48. The predicted octanol–water partition coefficient (Wildman–Crippen LogP) is 3.59. The van der Waals surface area contributed by atoms with E-state index < -0.39 is 0 Å². The van der Waals surface area contributed by atoms with Gasteiger partial charge in [-0.05, 0) is 41.8 Å². The van der Waals surface area contributed by atoms with Crippen molar-refractivity contribution in [3.8, 4) is 0 Å². The molecule has 0 spiro atoms. The summed E-state index contributed by atoms with van der Waals surface area (Å²) >= 11 is 0. The van der Waals surface area contributed by atoms with Gasteiger partial charge in [0.1, 0.15) is 5.82 Å². The molecular weight excluding hydrogens is 343 g/mol. The number of hydrogen-bond acceptors (Lipinski definition) is 5. The molecule has 0 N–H and O–H groups in total. The molecule has 146 valence electrons. The second-order valence-electron chi connectivity index (χ2n) is 7.67. The summed E-state index contributed by atoms with van der Waals surface area (Å²) in [5, 5.41) is 12.8. The van der Waals surface area contributed by atoms with E-state index in [-0.39, 0.29) is 11.9 Å². The van der Waals surface area contributed by atoms with Gasteiger partial charge < -0.3 is 4.90 Å². The van der Waals surface area contributed by atoms with Gasteiger partial charge >= 0.3 is 0 Å². The smallest absolute Gasteiger partial charge is 0.168 e. The van der Waals surface area contributed by atoms with Crippen molar-refractivity contribution in [2.45, 2.75) is 57.5 Å². The van der Waals surface area contributed by atoms with Crippen LogP contribution >= 0.6 is 0 Å². The van der Waals surface area contributed by atoms with Gasteiger partial charge in [0.15, 0.2) is 5.82 Å². The van der Waals surface area contributed by atoms with Crippen molar-refractivity contribution in [1.29, 1.82) is 0 Å². The molecule has 0 bridgehead atoms. The molecule has 6 nitrogen and oxygen atoms in total. The average Bonchev–Trinajstić information content (AvgIpc) is 3.20. The Balaban J connectivity index is 1.46. The highest BCUT2D eigenvalue weighted by Gasteiger charge is 2.30. The number of tetrazole rings is 1. The van der Waals surface area contributed by atoms with Crippen molar-refractivity contribution < 1.29 is 4.39 Å². The fourth-order valence-corrected chi connectivity index (χ4v) is 4.59. The van der Waals surface area contributed by atoms with Gasteiger partial charge in [0.25, 0.3) is 0 Å². The standard InChI is InChI=1S/C20H29FN6/c1-2-18(20-22-23-24-27(20)16-8-4-3-5-9-16)25-12-14-26(15-13-25)19-11-7-6-10-17(19)21/h6-7,10-11,16,18H,2-5,8-9,12-15H2,1H3. The number of nitrogens with zero attached hydrogens (tertiary/aromatic N) is 6. The minimum absolute atomic E-state index is 0.140. The third-order valence-corrected chi connectivity index (χ3v) is 6.07. The third kappa shape index (κ3) is 3.83. The van der Waals surface area contributed by atoms with Gasteiger partial charge in [0.2, 0.25) is 0 Å². The van der Waals surface area contributed by atoms with E-state index >= 15 is 0 Å². The Morgan fingerprint density at radius 2 is 1.81 bits per heavy atom. The van der Waals surface area contributed by atoms with Crippen LogP contribution in [0.2, 0.25) is 0 Å². The zero-order valence-electron chi connectivity index (χ0n) is 16.1. The Kier molecular flexibility index (Phi) is 5.66. The zero-order chi connectivity index (χ0) is 18.6. The molecule has 2 aromatic rings. The normalized spacial score (nSPS) is 20.7. The van der Waals surface area contributed by atoms with E-state index in [0.29, 0.717) is 11.7 Å². The lowest BCUT2D eigenvalue weighted by molar-refractivity contribution is 0.163. The van der Waals surface area contributed by atoms with Crippen molar-refractivity contribution in [3.63, 3.8) is 0 Å². The van der Waals surface area contributed by atoms with Crippen LogP contribution in [0.15, 0.2) is 24.3 Å². The van der Waals surface area contributed by atoms with E-state index in [1.165, 1.54) is 38.2 Å². The summed E-state index contributed by atoms with van der Waals surface area (Å²) in [6.45, 7) is 5.63. The summed E-state index contributed by atoms with van der Waals surface area (Å²) in [6.07, 6.45) is 7.19. The van der Waals surface area contributed by atoms with E-state index in [9.17, 15) is 4.39 Å². The first kappa shape index (κ1) is 18.3. The van der Waals surface area contributed by atoms with Crippen LogP contribution in [-0.4, -0.2) is 51.3 Å². The van der Waals surface area contributed by atoms with Crippen molar-refractivity contribution in [2.24, 2.45) is 0 Å². The lowest BCUT2D eigenvalue weighted by Crippen LogP contribution is -2.48. The van der Waals surface area contributed by atoms with Crippen molar-refractivity contribution >= 4 is 5.69 Å². The monoisotopic (exact) mass is 372 g/mol. The molecule has 1 saturated carbocycles. The minimum atomic E-state index is -0.140. The topological polar surface area (TPSA) is 50.1 Å². The number of para-hydroxylation sites is 1. The Hall–Kier alpha value is -2.02. The Morgan fingerprint density at radius 3 is 2.52 bits per heavy atom. The number of rotatable bonds is 5. The van der Waals surface area contributed by atoms with Crippen LogP contribution < -0.4 is 4.90 Å². The van der Waals surface area contributed by atoms with Crippen molar-refractivity contribution in [3.05, 3.63) is 35.9 Å². The number of benzene rings is 1. The number of aromatic nitrogens is 4. The zero-order valence-corrected chi connectivity index (χ0v) is 16.1. The maximum Gasteiger partial charge on any atom is 0.168 e. The molecule has 1 aromatic carbocycles. The Morgan fingerprint density at radius 1 is 1.07 bits per heavy atom. The Bertz CT molecular complexity index is 734. The first-order valence-electron chi connectivity index (χ1n) is 10.3. The van der Waals surface area contributed by atoms with Gasteiger partial charge in [-0.3, -0.25) is 4.90 Å². The number of anilines is 1. The van der Waals surface area contributed by atoms with E-state index in [4.69, 9.17) is 0 Å². The van der Waals surface area contributed by atoms with Gasteiger partial charge in [-0.2, -0.15) is 0 Å². The lowest BCUT2D eigenvalue weighted by Gasteiger charge is -2.40. The lowest BCUT2D eigenvalue weighted by atomic mass is 9.95. The molecule has 2 fully saturated rings. The Labute approximate surface area is 160 Å². The maximum atomic E-state index is 14.1. The van der Waals surface area contributed by atoms with E-state index in [1.54, 1.807) is 6.07 Å². The van der Waals surface area contributed by atoms with E-state index in [2.05, 4.69) is 36.9 Å². The van der Waals surface area contributed by atoms with Crippen LogP contribution in [0, 0.1) is 5.82 Å². The van der Waals surface area contributed by atoms with E-state index in [0.717, 1.165) is 38.4 Å². The predicted molar refractivity (Wildman–Crippen MR) is 103 cm³/mol. The largest absolute Gasteiger partial charge is 0.367 e. The molecule has 7 heteroatoms. The first-order chi connectivity index (χ1) is 13.3. The second-order valence-corrected chi connectivity index (χ2v) is 7.67. The number of halogens is 1. The average molecular weight is 372 g/mol. The molecule has 0 amide bonds. The van der Waals surface area contributed by atoms with Crippen molar-refractivity contribution in [2.75, 3.05) is 31.1 Å². The molecule has 1 atom stereocenters. The van der Waals surface area contributed by atoms with Gasteiger partial charge in [-0.25, -0.2) is 9.07 Å². The summed E-state index contributed by atoms with van der Waals surface area (Å²) in [7, 11) is 0. The molecule has 1 aliphatic carbocycles. The van der Waals surface area contributed by atoms with Crippen LogP contribution in [0.4, 0.5) is 10.1 Å². The van der Waals surface area contributed by atoms with Crippen LogP contribution in [-0.2, 0) is 0 Å². The van der Waals surface area contributed by atoms with Crippen LogP contribution in [0.1, 0.15) is 63.4 Å². The molecule has 1 saturated heterocycles. The quantitative estimate of drug-likeness (QED) is 0.803. The van der Waals surface area contributed by atoms with Gasteiger partial charge in [0, 0.05) is 26.2 Å². The van der Waals surface area contributed by atoms with Crippen LogP contribution in [0.25, 0.3) is 0 Å². The highest BCUT2D eigenvalue weighted by Crippen LogP contribution is 2.32. The maximum absolute atomic E-state index is 14.1. The summed E-state index contributed by atoms with van der Waals surface area (Å²) in [4.78, 5) is 4.60. The summed E-state index contributed by atoms with van der Waals surface area (Å²) < 4.78 is 16.2. The first-order valence-corrected chi connectivity index (χ1v) is 10.3. The minimum Gasteiger partial charge on any atom is -0.367 e. The molecule has 1 aliphatic heterocycles. The van der Waals surface area contributed by atoms with Gasteiger partial charge in [-0.1, -0.05) is 38.3 Å². The molecule has 1 aromatic heterocycles. The fraction of sp³-hybridized carbons (Fsp3) is 0.650. The third-order valence-electron chi connectivity index (χ3n) is 6.07. The molecule has 2 heterocycles. The van der Waals surface area contributed by atoms with Gasteiger partial charge in [-0.15, -0.1) is 5.10 Å². The second kappa shape index (κ2) is 8.33. The van der Waals surface area contributed by atoms with Crippen LogP contribution in [0.5, 0.6) is 0 Å².